The van der Waals surface area contributed by atoms with Crippen molar-refractivity contribution in [3.8, 4) is 5.75 Å². The van der Waals surface area contributed by atoms with E-state index < -0.39 is 12.0 Å². The SMILES string of the molecule is CCc1c(Cl)cc(C(N)CC(=O)O)cc1OC. The normalized spacial score (nSPS) is 12.2. The van der Waals surface area contributed by atoms with E-state index in [1.54, 1.807) is 19.2 Å². The minimum Gasteiger partial charge on any atom is -0.496 e. The average Bonchev–Trinajstić information content (AvgIpc) is 2.26. The zero-order valence-electron chi connectivity index (χ0n) is 9.87. The van der Waals surface area contributed by atoms with Crippen molar-refractivity contribution in [3.05, 3.63) is 28.3 Å². The van der Waals surface area contributed by atoms with Crippen molar-refractivity contribution in [2.24, 2.45) is 5.73 Å². The smallest absolute Gasteiger partial charge is 0.305 e. The Hall–Kier alpha value is -1.26. The summed E-state index contributed by atoms with van der Waals surface area (Å²) in [7, 11) is 1.55. The van der Waals surface area contributed by atoms with Crippen LogP contribution >= 0.6 is 11.6 Å². The fourth-order valence-electron chi connectivity index (χ4n) is 1.68. The minimum absolute atomic E-state index is 0.134. The van der Waals surface area contributed by atoms with Gasteiger partial charge in [0.1, 0.15) is 5.75 Å². The van der Waals surface area contributed by atoms with Gasteiger partial charge in [0.25, 0.3) is 0 Å². The van der Waals surface area contributed by atoms with Gasteiger partial charge in [0, 0.05) is 16.6 Å². The molecule has 0 aliphatic heterocycles. The molecule has 0 amide bonds. The van der Waals surface area contributed by atoms with Crippen molar-refractivity contribution in [2.75, 3.05) is 7.11 Å². The van der Waals surface area contributed by atoms with Crippen LogP contribution < -0.4 is 10.5 Å². The second kappa shape index (κ2) is 5.89. The Balaban J connectivity index is 3.10. The van der Waals surface area contributed by atoms with E-state index in [0.29, 0.717) is 16.3 Å². The van der Waals surface area contributed by atoms with Crippen LogP contribution in [0.5, 0.6) is 5.75 Å². The van der Waals surface area contributed by atoms with Crippen molar-refractivity contribution >= 4 is 17.6 Å². The molecule has 0 aromatic heterocycles. The number of carboxylic acids is 1. The fourth-order valence-corrected chi connectivity index (χ4v) is 2.03. The van der Waals surface area contributed by atoms with E-state index in [1.165, 1.54) is 0 Å². The number of methoxy groups -OCH3 is 1. The zero-order valence-corrected chi connectivity index (χ0v) is 10.6. The van der Waals surface area contributed by atoms with E-state index >= 15 is 0 Å². The van der Waals surface area contributed by atoms with Gasteiger partial charge in [0.15, 0.2) is 0 Å². The largest absolute Gasteiger partial charge is 0.496 e. The van der Waals surface area contributed by atoms with Gasteiger partial charge < -0.3 is 15.6 Å². The molecule has 0 saturated heterocycles. The highest BCUT2D eigenvalue weighted by molar-refractivity contribution is 6.31. The Morgan fingerprint density at radius 2 is 2.24 bits per heavy atom. The third-order valence-electron chi connectivity index (χ3n) is 2.57. The van der Waals surface area contributed by atoms with Gasteiger partial charge >= 0.3 is 5.97 Å². The van der Waals surface area contributed by atoms with E-state index in [0.717, 1.165) is 12.0 Å². The summed E-state index contributed by atoms with van der Waals surface area (Å²) < 4.78 is 5.23. The molecule has 0 fully saturated rings. The molecule has 0 aliphatic carbocycles. The van der Waals surface area contributed by atoms with Crippen LogP contribution in [0.1, 0.15) is 30.5 Å². The fraction of sp³-hybridized carbons (Fsp3) is 0.417. The third kappa shape index (κ3) is 3.35. The number of rotatable bonds is 5. The molecule has 1 unspecified atom stereocenters. The second-order valence-electron chi connectivity index (χ2n) is 3.74. The Kier molecular flexibility index (Phi) is 4.78. The summed E-state index contributed by atoms with van der Waals surface area (Å²) in [6.07, 6.45) is 0.613. The number of carboxylic acid groups (broad SMARTS) is 1. The van der Waals surface area contributed by atoms with E-state index in [4.69, 9.17) is 27.2 Å². The number of hydrogen-bond acceptors (Lipinski definition) is 3. The number of carbonyl (C=O) groups is 1. The Morgan fingerprint density at radius 3 is 2.71 bits per heavy atom. The van der Waals surface area contributed by atoms with Gasteiger partial charge in [0.2, 0.25) is 0 Å². The number of hydrogen-bond donors (Lipinski definition) is 2. The van der Waals surface area contributed by atoms with Crippen molar-refractivity contribution in [1.29, 1.82) is 0 Å². The Morgan fingerprint density at radius 1 is 1.59 bits per heavy atom. The third-order valence-corrected chi connectivity index (χ3v) is 2.91. The van der Waals surface area contributed by atoms with Gasteiger partial charge in [0.05, 0.1) is 13.5 Å². The Labute approximate surface area is 105 Å². The maximum atomic E-state index is 10.6. The van der Waals surface area contributed by atoms with Crippen LogP contribution in [0.3, 0.4) is 0 Å². The van der Waals surface area contributed by atoms with Crippen LogP contribution in [-0.4, -0.2) is 18.2 Å². The maximum absolute atomic E-state index is 10.6. The molecule has 94 valence electrons. The molecule has 3 N–H and O–H groups in total. The quantitative estimate of drug-likeness (QED) is 0.850. The monoisotopic (exact) mass is 257 g/mol. The van der Waals surface area contributed by atoms with E-state index in [9.17, 15) is 4.79 Å². The molecule has 0 radical (unpaired) electrons. The molecule has 4 nitrogen and oxygen atoms in total. The molecule has 0 heterocycles. The van der Waals surface area contributed by atoms with Crippen molar-refractivity contribution in [3.63, 3.8) is 0 Å². The molecule has 17 heavy (non-hydrogen) atoms. The topological polar surface area (TPSA) is 72.6 Å². The maximum Gasteiger partial charge on any atom is 0.305 e. The van der Waals surface area contributed by atoms with Crippen LogP contribution in [0.4, 0.5) is 0 Å². The van der Waals surface area contributed by atoms with E-state index in [2.05, 4.69) is 0 Å². The number of aliphatic carboxylic acids is 1. The summed E-state index contributed by atoms with van der Waals surface area (Å²) in [6, 6.07) is 2.87. The lowest BCUT2D eigenvalue weighted by atomic mass is 10.0. The van der Waals surface area contributed by atoms with Crippen LogP contribution in [0.15, 0.2) is 12.1 Å². The number of halogens is 1. The van der Waals surface area contributed by atoms with Crippen LogP contribution in [0.25, 0.3) is 0 Å². The molecular formula is C12H16ClNO3. The molecule has 1 aromatic rings. The van der Waals surface area contributed by atoms with Crippen molar-refractivity contribution in [1.82, 2.24) is 0 Å². The van der Waals surface area contributed by atoms with Crippen molar-refractivity contribution < 1.29 is 14.6 Å². The first kappa shape index (κ1) is 13.8. The Bertz CT molecular complexity index is 420. The molecule has 5 heteroatoms. The lowest BCUT2D eigenvalue weighted by Gasteiger charge is -2.15. The van der Waals surface area contributed by atoms with Gasteiger partial charge in [-0.1, -0.05) is 18.5 Å². The predicted octanol–water partition coefficient (Wildman–Crippen LogP) is 2.39. The zero-order chi connectivity index (χ0) is 13.0. The van der Waals surface area contributed by atoms with Crippen LogP contribution in [-0.2, 0) is 11.2 Å². The highest BCUT2D eigenvalue weighted by Crippen LogP contribution is 2.31. The first-order valence-electron chi connectivity index (χ1n) is 5.33. The molecule has 1 aromatic carbocycles. The predicted molar refractivity (Wildman–Crippen MR) is 66.6 cm³/mol. The summed E-state index contributed by atoms with van der Waals surface area (Å²) in [6.45, 7) is 1.97. The molecular weight excluding hydrogens is 242 g/mol. The molecule has 0 bridgehead atoms. The van der Waals surface area contributed by atoms with Crippen molar-refractivity contribution in [2.45, 2.75) is 25.8 Å². The molecule has 0 saturated carbocycles. The molecule has 1 rings (SSSR count). The number of nitrogens with two attached hydrogens (primary N) is 1. The van der Waals surface area contributed by atoms with E-state index in [1.807, 2.05) is 6.92 Å². The molecule has 0 spiro atoms. The highest BCUT2D eigenvalue weighted by atomic mass is 35.5. The summed E-state index contributed by atoms with van der Waals surface area (Å²) in [5, 5.41) is 9.26. The van der Waals surface area contributed by atoms with Gasteiger partial charge in [-0.05, 0) is 24.1 Å². The number of benzene rings is 1. The highest BCUT2D eigenvalue weighted by Gasteiger charge is 2.15. The first-order valence-corrected chi connectivity index (χ1v) is 5.71. The average molecular weight is 258 g/mol. The summed E-state index contributed by atoms with van der Waals surface area (Å²) in [5.74, 6) is -0.289. The van der Waals surface area contributed by atoms with Gasteiger partial charge in [-0.3, -0.25) is 4.79 Å². The molecule has 1 atom stereocenters. The summed E-state index contributed by atoms with van der Waals surface area (Å²) in [4.78, 5) is 10.6. The van der Waals surface area contributed by atoms with Gasteiger partial charge in [-0.25, -0.2) is 0 Å². The summed E-state index contributed by atoms with van der Waals surface area (Å²) >= 11 is 6.11. The van der Waals surface area contributed by atoms with Crippen LogP contribution in [0.2, 0.25) is 5.02 Å². The first-order chi connectivity index (χ1) is 7.99. The lowest BCUT2D eigenvalue weighted by Crippen LogP contribution is -2.15. The lowest BCUT2D eigenvalue weighted by molar-refractivity contribution is -0.137. The second-order valence-corrected chi connectivity index (χ2v) is 4.15. The minimum atomic E-state index is -0.938. The molecule has 0 aliphatic rings. The van der Waals surface area contributed by atoms with E-state index in [-0.39, 0.29) is 6.42 Å². The number of ether oxygens (including phenoxy) is 1. The standard InChI is InChI=1S/C12H16ClNO3/c1-3-8-9(13)4-7(5-11(8)17-2)10(14)6-12(15)16/h4-5,10H,3,6,14H2,1-2H3,(H,15,16). The van der Waals surface area contributed by atoms with Gasteiger partial charge in [-0.2, -0.15) is 0 Å². The van der Waals surface area contributed by atoms with Gasteiger partial charge in [-0.15, -0.1) is 0 Å². The summed E-state index contributed by atoms with van der Waals surface area (Å²) in [5.41, 5.74) is 7.36. The van der Waals surface area contributed by atoms with Crippen LogP contribution in [0, 0.1) is 0 Å².